The predicted molar refractivity (Wildman–Crippen MR) is 96.6 cm³/mol. The number of fused-ring (bicyclic) bond motifs is 2. The van der Waals surface area contributed by atoms with Gasteiger partial charge in [-0.3, -0.25) is 4.79 Å². The zero-order chi connectivity index (χ0) is 17.4. The van der Waals surface area contributed by atoms with Gasteiger partial charge in [-0.25, -0.2) is 13.1 Å². The van der Waals surface area contributed by atoms with Gasteiger partial charge >= 0.3 is 0 Å². The minimum Gasteiger partial charge on any atom is -0.268 e. The first kappa shape index (κ1) is 16.3. The topological polar surface area (TPSA) is 63.2 Å². The van der Waals surface area contributed by atoms with E-state index in [-0.39, 0.29) is 11.8 Å². The highest BCUT2D eigenvalue weighted by atomic mass is 32.2. The lowest BCUT2D eigenvalue weighted by atomic mass is 9.83. The van der Waals surface area contributed by atoms with E-state index < -0.39 is 21.2 Å². The molecule has 2 aromatic carbocycles. The summed E-state index contributed by atoms with van der Waals surface area (Å²) in [5.41, 5.74) is 1.43. The van der Waals surface area contributed by atoms with E-state index in [1.54, 1.807) is 30.3 Å². The van der Waals surface area contributed by atoms with Crippen LogP contribution in [0, 0.1) is 11.8 Å². The minimum absolute atomic E-state index is 0.0268. The quantitative estimate of drug-likeness (QED) is 0.915. The Morgan fingerprint density at radius 1 is 0.880 bits per heavy atom. The smallest absolute Gasteiger partial charge is 0.264 e. The minimum atomic E-state index is -3.74. The molecular formula is C20H21NO3S. The van der Waals surface area contributed by atoms with Crippen molar-refractivity contribution in [3.8, 4) is 0 Å². The van der Waals surface area contributed by atoms with Crippen LogP contribution >= 0.6 is 0 Å². The van der Waals surface area contributed by atoms with Crippen LogP contribution in [0.25, 0.3) is 0 Å². The molecule has 2 aliphatic rings. The average molecular weight is 355 g/mol. The van der Waals surface area contributed by atoms with Crippen molar-refractivity contribution in [1.29, 1.82) is 0 Å². The van der Waals surface area contributed by atoms with Crippen molar-refractivity contribution in [3.63, 3.8) is 0 Å². The largest absolute Gasteiger partial charge is 0.268 e. The van der Waals surface area contributed by atoms with Gasteiger partial charge in [-0.05, 0) is 48.8 Å². The highest BCUT2D eigenvalue weighted by molar-refractivity contribution is 7.90. The summed E-state index contributed by atoms with van der Waals surface area (Å²) < 4.78 is 28.4. The number of carbonyl (C=O) groups is 1. The van der Waals surface area contributed by atoms with Gasteiger partial charge in [0.15, 0.2) is 0 Å². The van der Waals surface area contributed by atoms with E-state index in [2.05, 4.69) is 4.72 Å². The second-order valence-corrected chi connectivity index (χ2v) is 8.91. The first-order chi connectivity index (χ1) is 12.1. The molecule has 4 atom stereocenters. The second-order valence-electron chi connectivity index (χ2n) is 7.08. The van der Waals surface area contributed by atoms with E-state index in [4.69, 9.17) is 0 Å². The summed E-state index contributed by atoms with van der Waals surface area (Å²) in [6.07, 6.45) is 2.94. The molecule has 25 heavy (non-hydrogen) atoms. The number of sulfonamides is 1. The van der Waals surface area contributed by atoms with Crippen LogP contribution in [0.5, 0.6) is 0 Å². The maximum Gasteiger partial charge on any atom is 0.264 e. The molecule has 0 spiro atoms. The van der Waals surface area contributed by atoms with E-state index in [1.807, 2.05) is 30.3 Å². The Kier molecular flexibility index (Phi) is 4.12. The molecule has 0 saturated heterocycles. The van der Waals surface area contributed by atoms with Crippen molar-refractivity contribution in [1.82, 2.24) is 4.72 Å². The molecule has 2 saturated carbocycles. The van der Waals surface area contributed by atoms with Crippen LogP contribution < -0.4 is 4.72 Å². The van der Waals surface area contributed by atoms with Gasteiger partial charge in [-0.1, -0.05) is 48.5 Å². The number of rotatable bonds is 4. The van der Waals surface area contributed by atoms with Crippen LogP contribution in [0.3, 0.4) is 0 Å². The third-order valence-corrected chi connectivity index (χ3v) is 7.52. The summed E-state index contributed by atoms with van der Waals surface area (Å²) in [5, 5.41) is -0.527. The van der Waals surface area contributed by atoms with Gasteiger partial charge in [0.2, 0.25) is 10.0 Å². The molecule has 1 N–H and O–H groups in total. The molecule has 130 valence electrons. The number of benzene rings is 2. The summed E-state index contributed by atoms with van der Waals surface area (Å²) in [7, 11) is -3.74. The maximum atomic E-state index is 13.1. The molecule has 0 aromatic heterocycles. The van der Waals surface area contributed by atoms with Crippen LogP contribution in [0.4, 0.5) is 0 Å². The Morgan fingerprint density at radius 3 is 2.16 bits per heavy atom. The standard InChI is InChI=1S/C20H21NO3S/c22-20(15-9-5-2-6-10-15)21-25(23,24)19-17-12-11-16(13-17)18(19)14-7-3-1-4-8-14/h1-10,16-19H,11-13H2,(H,21,22). The van der Waals surface area contributed by atoms with Crippen molar-refractivity contribution in [2.75, 3.05) is 0 Å². The predicted octanol–water partition coefficient (Wildman–Crippen LogP) is 3.33. The fraction of sp³-hybridized carbons (Fsp3) is 0.350. The molecule has 2 aliphatic carbocycles. The third kappa shape index (κ3) is 2.97. The van der Waals surface area contributed by atoms with Crippen LogP contribution in [0.2, 0.25) is 0 Å². The SMILES string of the molecule is O=C(NS(=O)(=O)C1C2CCC(C2)C1c1ccccc1)c1ccccc1. The zero-order valence-corrected chi connectivity index (χ0v) is 14.7. The number of amides is 1. The number of nitrogens with one attached hydrogen (secondary N) is 1. The van der Waals surface area contributed by atoms with E-state index in [0.717, 1.165) is 24.8 Å². The zero-order valence-electron chi connectivity index (χ0n) is 13.8. The van der Waals surface area contributed by atoms with Crippen LogP contribution in [-0.2, 0) is 10.0 Å². The van der Waals surface area contributed by atoms with E-state index in [1.165, 1.54) is 0 Å². The molecule has 4 rings (SSSR count). The lowest BCUT2D eigenvalue weighted by Crippen LogP contribution is -2.44. The van der Waals surface area contributed by atoms with Crippen molar-refractivity contribution >= 4 is 15.9 Å². The first-order valence-corrected chi connectivity index (χ1v) is 10.3. The van der Waals surface area contributed by atoms with Crippen LogP contribution in [-0.4, -0.2) is 19.6 Å². The molecule has 0 aliphatic heterocycles. The summed E-state index contributed by atoms with van der Waals surface area (Å²) in [5.74, 6) is -0.0479. The van der Waals surface area contributed by atoms with E-state index >= 15 is 0 Å². The molecule has 2 aromatic rings. The Labute approximate surface area is 148 Å². The highest BCUT2D eigenvalue weighted by Crippen LogP contribution is 2.55. The number of carbonyl (C=O) groups excluding carboxylic acids is 1. The van der Waals surface area contributed by atoms with Crippen molar-refractivity contribution in [2.45, 2.75) is 30.4 Å². The first-order valence-electron chi connectivity index (χ1n) is 8.72. The normalized spacial score (nSPS) is 28.0. The molecule has 0 heterocycles. The van der Waals surface area contributed by atoms with Crippen LogP contribution in [0.1, 0.15) is 41.1 Å². The van der Waals surface area contributed by atoms with Gasteiger partial charge in [0.25, 0.3) is 5.91 Å². The Hall–Kier alpha value is -2.14. The maximum absolute atomic E-state index is 13.1. The highest BCUT2D eigenvalue weighted by Gasteiger charge is 2.54. The summed E-state index contributed by atoms with van der Waals surface area (Å²) in [6.45, 7) is 0. The van der Waals surface area contributed by atoms with Gasteiger partial charge in [0.1, 0.15) is 0 Å². The fourth-order valence-corrected chi connectivity index (χ4v) is 6.70. The van der Waals surface area contributed by atoms with Crippen molar-refractivity contribution in [2.24, 2.45) is 11.8 Å². The summed E-state index contributed by atoms with van der Waals surface area (Å²) in [6, 6.07) is 18.4. The molecule has 5 heteroatoms. The average Bonchev–Trinajstić information content (AvgIpc) is 3.24. The van der Waals surface area contributed by atoms with E-state index in [0.29, 0.717) is 11.5 Å². The monoisotopic (exact) mass is 355 g/mol. The Balaban J connectivity index is 1.63. The number of hydrogen-bond donors (Lipinski definition) is 1. The van der Waals surface area contributed by atoms with Crippen molar-refractivity contribution in [3.05, 3.63) is 71.8 Å². The fourth-order valence-electron chi connectivity index (χ4n) is 4.67. The lowest BCUT2D eigenvalue weighted by molar-refractivity contribution is 0.0980. The molecule has 0 radical (unpaired) electrons. The second kappa shape index (κ2) is 6.30. The lowest BCUT2D eigenvalue weighted by Gasteiger charge is -2.31. The molecular weight excluding hydrogens is 334 g/mol. The summed E-state index contributed by atoms with van der Waals surface area (Å²) in [4.78, 5) is 12.4. The molecule has 4 nitrogen and oxygen atoms in total. The Bertz CT molecular complexity index is 864. The third-order valence-electron chi connectivity index (χ3n) is 5.65. The Morgan fingerprint density at radius 2 is 1.48 bits per heavy atom. The number of hydrogen-bond acceptors (Lipinski definition) is 3. The molecule has 2 fully saturated rings. The van der Waals surface area contributed by atoms with Gasteiger partial charge in [-0.2, -0.15) is 0 Å². The molecule has 1 amide bonds. The van der Waals surface area contributed by atoms with Gasteiger partial charge in [-0.15, -0.1) is 0 Å². The van der Waals surface area contributed by atoms with Gasteiger partial charge in [0, 0.05) is 11.5 Å². The van der Waals surface area contributed by atoms with Crippen LogP contribution in [0.15, 0.2) is 60.7 Å². The summed E-state index contributed by atoms with van der Waals surface area (Å²) >= 11 is 0. The molecule has 2 bridgehead atoms. The van der Waals surface area contributed by atoms with Gasteiger partial charge < -0.3 is 0 Å². The van der Waals surface area contributed by atoms with E-state index in [9.17, 15) is 13.2 Å². The van der Waals surface area contributed by atoms with Gasteiger partial charge in [0.05, 0.1) is 5.25 Å². The van der Waals surface area contributed by atoms with Crippen molar-refractivity contribution < 1.29 is 13.2 Å². The molecule has 4 unspecified atom stereocenters.